The first kappa shape index (κ1) is 10.0. The van der Waals surface area contributed by atoms with Crippen LogP contribution in [0.1, 0.15) is 47.0 Å². The Kier molecular flexibility index (Phi) is 3.13. The fourth-order valence-electron chi connectivity index (χ4n) is 1.45. The van der Waals surface area contributed by atoms with Gasteiger partial charge < -0.3 is 9.47 Å². The van der Waals surface area contributed by atoms with Gasteiger partial charge in [0.05, 0.1) is 11.7 Å². The first-order chi connectivity index (χ1) is 5.47. The molecule has 2 atom stereocenters. The zero-order valence-corrected chi connectivity index (χ0v) is 8.59. The molecule has 0 amide bonds. The number of hydrogen-bond acceptors (Lipinski definition) is 2. The third kappa shape index (κ3) is 3.55. The summed E-state index contributed by atoms with van der Waals surface area (Å²) in [5.74, 6) is 0. The minimum Gasteiger partial charge on any atom is -0.350 e. The SMILES string of the molecule is C[C@@H]1CCC[C@H](OC(C)(C)C)O1. The molecular weight excluding hydrogens is 152 g/mol. The number of hydrogen-bond donors (Lipinski definition) is 0. The largest absolute Gasteiger partial charge is 0.350 e. The van der Waals surface area contributed by atoms with Gasteiger partial charge in [-0.2, -0.15) is 0 Å². The van der Waals surface area contributed by atoms with Crippen molar-refractivity contribution in [3.8, 4) is 0 Å². The van der Waals surface area contributed by atoms with Crippen molar-refractivity contribution in [3.63, 3.8) is 0 Å². The Balaban J connectivity index is 2.32. The average Bonchev–Trinajstić information content (AvgIpc) is 1.82. The molecular formula is C10H20O2. The van der Waals surface area contributed by atoms with Crippen molar-refractivity contribution < 1.29 is 9.47 Å². The van der Waals surface area contributed by atoms with Crippen LogP contribution < -0.4 is 0 Å². The molecule has 0 aromatic heterocycles. The summed E-state index contributed by atoms with van der Waals surface area (Å²) in [5, 5.41) is 0. The molecule has 0 N–H and O–H groups in total. The predicted octanol–water partition coefficient (Wildman–Crippen LogP) is 2.72. The second-order valence-electron chi connectivity index (χ2n) is 4.54. The summed E-state index contributed by atoms with van der Waals surface area (Å²) < 4.78 is 11.4. The van der Waals surface area contributed by atoms with Gasteiger partial charge in [-0.05, 0) is 47.0 Å². The van der Waals surface area contributed by atoms with Crippen LogP contribution in [0.5, 0.6) is 0 Å². The Bertz CT molecular complexity index is 137. The molecule has 0 aliphatic carbocycles. The molecule has 0 unspecified atom stereocenters. The van der Waals surface area contributed by atoms with Crippen molar-refractivity contribution in [2.24, 2.45) is 0 Å². The van der Waals surface area contributed by atoms with Crippen LogP contribution in [-0.2, 0) is 9.47 Å². The standard InChI is InChI=1S/C10H20O2/c1-8-6-5-7-9(11-8)12-10(2,3)4/h8-9H,5-7H2,1-4H3/t8-,9+/m1/s1. The van der Waals surface area contributed by atoms with Gasteiger partial charge in [-0.25, -0.2) is 0 Å². The lowest BCUT2D eigenvalue weighted by Crippen LogP contribution is -2.34. The lowest BCUT2D eigenvalue weighted by Gasteiger charge is -2.32. The van der Waals surface area contributed by atoms with Crippen LogP contribution in [0.2, 0.25) is 0 Å². The van der Waals surface area contributed by atoms with E-state index in [0.717, 1.165) is 6.42 Å². The van der Waals surface area contributed by atoms with Crippen molar-refractivity contribution >= 4 is 0 Å². The summed E-state index contributed by atoms with van der Waals surface area (Å²) in [6.45, 7) is 8.30. The van der Waals surface area contributed by atoms with E-state index in [2.05, 4.69) is 27.7 Å². The van der Waals surface area contributed by atoms with Gasteiger partial charge in [0, 0.05) is 0 Å². The third-order valence-corrected chi connectivity index (χ3v) is 1.92. The number of rotatable bonds is 1. The highest BCUT2D eigenvalue weighted by Crippen LogP contribution is 2.23. The topological polar surface area (TPSA) is 18.5 Å². The Hall–Kier alpha value is -0.0800. The smallest absolute Gasteiger partial charge is 0.158 e. The van der Waals surface area contributed by atoms with Crippen LogP contribution in [0.25, 0.3) is 0 Å². The minimum atomic E-state index is -0.0816. The van der Waals surface area contributed by atoms with E-state index in [4.69, 9.17) is 9.47 Å². The summed E-state index contributed by atoms with van der Waals surface area (Å²) in [7, 11) is 0. The van der Waals surface area contributed by atoms with Crippen molar-refractivity contribution in [1.29, 1.82) is 0 Å². The van der Waals surface area contributed by atoms with Gasteiger partial charge in [0.1, 0.15) is 0 Å². The van der Waals surface area contributed by atoms with Crippen LogP contribution in [-0.4, -0.2) is 18.0 Å². The maximum absolute atomic E-state index is 5.73. The maximum atomic E-state index is 5.73. The first-order valence-electron chi connectivity index (χ1n) is 4.81. The molecule has 0 spiro atoms. The quantitative estimate of drug-likeness (QED) is 0.605. The summed E-state index contributed by atoms with van der Waals surface area (Å²) in [6.07, 6.45) is 3.83. The van der Waals surface area contributed by atoms with Crippen LogP contribution in [0.4, 0.5) is 0 Å². The molecule has 2 nitrogen and oxygen atoms in total. The summed E-state index contributed by atoms with van der Waals surface area (Å²) in [5.41, 5.74) is -0.0816. The van der Waals surface area contributed by atoms with Crippen LogP contribution >= 0.6 is 0 Å². The van der Waals surface area contributed by atoms with Crippen molar-refractivity contribution in [3.05, 3.63) is 0 Å². The summed E-state index contributed by atoms with van der Waals surface area (Å²) in [4.78, 5) is 0. The average molecular weight is 172 g/mol. The molecule has 0 aromatic carbocycles. The van der Waals surface area contributed by atoms with Gasteiger partial charge in [0.25, 0.3) is 0 Å². The van der Waals surface area contributed by atoms with Crippen LogP contribution in [0, 0.1) is 0 Å². The molecule has 2 heteroatoms. The van der Waals surface area contributed by atoms with E-state index in [-0.39, 0.29) is 11.9 Å². The molecule has 0 radical (unpaired) electrons. The van der Waals surface area contributed by atoms with E-state index in [9.17, 15) is 0 Å². The molecule has 72 valence electrons. The highest BCUT2D eigenvalue weighted by molar-refractivity contribution is 4.66. The van der Waals surface area contributed by atoms with Gasteiger partial charge in [0.2, 0.25) is 0 Å². The van der Waals surface area contributed by atoms with Crippen LogP contribution in [0.15, 0.2) is 0 Å². The van der Waals surface area contributed by atoms with Gasteiger partial charge in [-0.15, -0.1) is 0 Å². The fourth-order valence-corrected chi connectivity index (χ4v) is 1.45. The van der Waals surface area contributed by atoms with Crippen molar-refractivity contribution in [1.82, 2.24) is 0 Å². The maximum Gasteiger partial charge on any atom is 0.158 e. The monoisotopic (exact) mass is 172 g/mol. The van der Waals surface area contributed by atoms with E-state index < -0.39 is 0 Å². The highest BCUT2D eigenvalue weighted by Gasteiger charge is 2.24. The van der Waals surface area contributed by atoms with Gasteiger partial charge in [0.15, 0.2) is 6.29 Å². The number of ether oxygens (including phenoxy) is 2. The second kappa shape index (κ2) is 3.75. The fraction of sp³-hybridized carbons (Fsp3) is 1.00. The van der Waals surface area contributed by atoms with E-state index in [1.807, 2.05) is 0 Å². The second-order valence-corrected chi connectivity index (χ2v) is 4.54. The lowest BCUT2D eigenvalue weighted by molar-refractivity contribution is -0.229. The molecule has 1 fully saturated rings. The summed E-state index contributed by atoms with van der Waals surface area (Å²) >= 11 is 0. The van der Waals surface area contributed by atoms with Crippen molar-refractivity contribution in [2.45, 2.75) is 65.0 Å². The minimum absolute atomic E-state index is 0.0220. The summed E-state index contributed by atoms with van der Waals surface area (Å²) in [6, 6.07) is 0. The lowest BCUT2D eigenvalue weighted by atomic mass is 10.1. The molecule has 1 aliphatic rings. The Morgan fingerprint density at radius 3 is 2.42 bits per heavy atom. The molecule has 1 heterocycles. The van der Waals surface area contributed by atoms with Gasteiger partial charge >= 0.3 is 0 Å². The Morgan fingerprint density at radius 2 is 1.92 bits per heavy atom. The van der Waals surface area contributed by atoms with Crippen molar-refractivity contribution in [2.75, 3.05) is 0 Å². The van der Waals surface area contributed by atoms with E-state index in [1.54, 1.807) is 0 Å². The molecule has 1 rings (SSSR count). The van der Waals surface area contributed by atoms with Gasteiger partial charge in [-0.3, -0.25) is 0 Å². The predicted molar refractivity (Wildman–Crippen MR) is 49.0 cm³/mol. The molecule has 0 aromatic rings. The normalized spacial score (nSPS) is 32.0. The van der Waals surface area contributed by atoms with E-state index in [1.165, 1.54) is 12.8 Å². The highest BCUT2D eigenvalue weighted by atomic mass is 16.7. The molecule has 0 bridgehead atoms. The molecule has 1 aliphatic heterocycles. The molecule has 12 heavy (non-hydrogen) atoms. The van der Waals surface area contributed by atoms with Crippen LogP contribution in [0.3, 0.4) is 0 Å². The van der Waals surface area contributed by atoms with E-state index in [0.29, 0.717) is 6.10 Å². The van der Waals surface area contributed by atoms with E-state index >= 15 is 0 Å². The molecule has 1 saturated heterocycles. The Morgan fingerprint density at radius 1 is 1.25 bits per heavy atom. The first-order valence-corrected chi connectivity index (χ1v) is 4.81. The molecule has 0 saturated carbocycles. The third-order valence-electron chi connectivity index (χ3n) is 1.92. The van der Waals surface area contributed by atoms with Gasteiger partial charge in [-0.1, -0.05) is 0 Å². The Labute approximate surface area is 75.2 Å². The zero-order valence-electron chi connectivity index (χ0n) is 8.59. The zero-order chi connectivity index (χ0) is 9.19.